The Hall–Kier alpha value is -4.87. The minimum Gasteiger partial charge on any atom is -0.458 e. The highest BCUT2D eigenvalue weighted by Gasteiger charge is 2.02. The second-order valence-corrected chi connectivity index (χ2v) is 6.86. The first kappa shape index (κ1) is 23.8. The largest absolute Gasteiger partial charge is 0.458 e. The van der Waals surface area contributed by atoms with E-state index < -0.39 is 17.8 Å². The van der Waals surface area contributed by atoms with Crippen LogP contribution in [0.1, 0.15) is 27.8 Å². The molecule has 0 bridgehead atoms. The number of carbonyl (C=O) groups excluding carboxylic acids is 2. The standard InChI is InChI=1S/C29H19FO4/c1-3-28(31)33-20-24-7-5-6-22(18-24)10-14-25-15-11-23(19-27(25)30)9-8-21-12-16-26(17-13-21)34-29(32)4-2/h3-7,11-13,15-19H,1-2,20H2. The van der Waals surface area contributed by atoms with Gasteiger partial charge in [0.05, 0.1) is 5.56 Å². The maximum Gasteiger partial charge on any atom is 0.335 e. The Morgan fingerprint density at radius 1 is 0.794 bits per heavy atom. The summed E-state index contributed by atoms with van der Waals surface area (Å²) in [7, 11) is 0. The molecule has 0 saturated heterocycles. The van der Waals surface area contributed by atoms with Crippen molar-refractivity contribution in [1.82, 2.24) is 0 Å². The van der Waals surface area contributed by atoms with Crippen LogP contribution in [0.15, 0.2) is 92.0 Å². The molecule has 3 aromatic carbocycles. The number of ether oxygens (including phenoxy) is 2. The molecule has 0 aliphatic carbocycles. The van der Waals surface area contributed by atoms with Crippen LogP contribution in [-0.4, -0.2) is 11.9 Å². The van der Waals surface area contributed by atoms with Crippen LogP contribution in [0.25, 0.3) is 0 Å². The summed E-state index contributed by atoms with van der Waals surface area (Å²) >= 11 is 0. The van der Waals surface area contributed by atoms with Crippen molar-refractivity contribution in [1.29, 1.82) is 0 Å². The number of rotatable bonds is 5. The van der Waals surface area contributed by atoms with Crippen LogP contribution >= 0.6 is 0 Å². The second-order valence-electron chi connectivity index (χ2n) is 6.86. The number of carbonyl (C=O) groups is 2. The quantitative estimate of drug-likeness (QED) is 0.239. The Balaban J connectivity index is 1.69. The topological polar surface area (TPSA) is 52.6 Å². The van der Waals surface area contributed by atoms with Crippen LogP contribution in [0.4, 0.5) is 4.39 Å². The Labute approximate surface area is 197 Å². The fraction of sp³-hybridized carbons (Fsp3) is 0.0345. The van der Waals surface area contributed by atoms with Gasteiger partial charge in [-0.1, -0.05) is 49.0 Å². The lowest BCUT2D eigenvalue weighted by Gasteiger charge is -2.02. The average Bonchev–Trinajstić information content (AvgIpc) is 2.86. The molecule has 0 aliphatic rings. The van der Waals surface area contributed by atoms with E-state index in [1.807, 2.05) is 0 Å². The highest BCUT2D eigenvalue weighted by Crippen LogP contribution is 2.13. The molecule has 0 fully saturated rings. The van der Waals surface area contributed by atoms with Gasteiger partial charge in [-0.2, -0.15) is 0 Å². The number of halogens is 1. The number of hydrogen-bond acceptors (Lipinski definition) is 4. The van der Waals surface area contributed by atoms with Gasteiger partial charge in [0.1, 0.15) is 18.2 Å². The zero-order valence-corrected chi connectivity index (χ0v) is 18.1. The Kier molecular flexibility index (Phi) is 8.16. The molecule has 5 heteroatoms. The van der Waals surface area contributed by atoms with Crippen molar-refractivity contribution in [2.24, 2.45) is 0 Å². The number of esters is 2. The van der Waals surface area contributed by atoms with E-state index in [-0.39, 0.29) is 12.2 Å². The predicted octanol–water partition coefficient (Wildman–Crippen LogP) is 4.95. The molecule has 0 aromatic heterocycles. The van der Waals surface area contributed by atoms with Gasteiger partial charge in [0.25, 0.3) is 0 Å². The van der Waals surface area contributed by atoms with Crippen LogP contribution in [-0.2, 0) is 20.9 Å². The minimum atomic E-state index is -0.542. The third-order valence-corrected chi connectivity index (χ3v) is 4.38. The van der Waals surface area contributed by atoms with E-state index in [2.05, 4.69) is 36.8 Å². The lowest BCUT2D eigenvalue weighted by Crippen LogP contribution is -2.02. The number of hydrogen-bond donors (Lipinski definition) is 0. The van der Waals surface area contributed by atoms with Gasteiger partial charge in [-0.25, -0.2) is 14.0 Å². The summed E-state index contributed by atoms with van der Waals surface area (Å²) in [6.45, 7) is 6.80. The van der Waals surface area contributed by atoms with Gasteiger partial charge in [-0.15, -0.1) is 0 Å². The molecule has 4 nitrogen and oxygen atoms in total. The highest BCUT2D eigenvalue weighted by atomic mass is 19.1. The summed E-state index contributed by atoms with van der Waals surface area (Å²) in [4.78, 5) is 22.4. The van der Waals surface area contributed by atoms with Crippen molar-refractivity contribution in [2.75, 3.05) is 0 Å². The van der Waals surface area contributed by atoms with Crippen LogP contribution in [0.5, 0.6) is 5.75 Å². The lowest BCUT2D eigenvalue weighted by atomic mass is 10.1. The van der Waals surface area contributed by atoms with E-state index in [0.717, 1.165) is 17.7 Å². The van der Waals surface area contributed by atoms with Crippen LogP contribution in [0.2, 0.25) is 0 Å². The van der Waals surface area contributed by atoms with Gasteiger partial charge in [0, 0.05) is 28.8 Å². The van der Waals surface area contributed by atoms with Gasteiger partial charge < -0.3 is 9.47 Å². The molecule has 0 N–H and O–H groups in total. The monoisotopic (exact) mass is 450 g/mol. The maximum absolute atomic E-state index is 14.5. The third-order valence-electron chi connectivity index (χ3n) is 4.38. The molecule has 0 saturated carbocycles. The average molecular weight is 450 g/mol. The summed E-state index contributed by atoms with van der Waals surface area (Å²) in [6, 6.07) is 18.3. The Morgan fingerprint density at radius 3 is 2.15 bits per heavy atom. The van der Waals surface area contributed by atoms with E-state index >= 15 is 0 Å². The molecule has 0 heterocycles. The van der Waals surface area contributed by atoms with Crippen LogP contribution in [0.3, 0.4) is 0 Å². The molecule has 0 amide bonds. The van der Waals surface area contributed by atoms with Gasteiger partial charge in [0.15, 0.2) is 0 Å². The Morgan fingerprint density at radius 2 is 1.44 bits per heavy atom. The normalized spacial score (nSPS) is 9.44. The van der Waals surface area contributed by atoms with Gasteiger partial charge in [-0.3, -0.25) is 0 Å². The molecule has 0 unspecified atom stereocenters. The fourth-order valence-corrected chi connectivity index (χ4v) is 2.69. The predicted molar refractivity (Wildman–Crippen MR) is 127 cm³/mol. The minimum absolute atomic E-state index is 0.102. The zero-order valence-electron chi connectivity index (χ0n) is 18.1. The van der Waals surface area contributed by atoms with Gasteiger partial charge in [0.2, 0.25) is 0 Å². The SMILES string of the molecule is C=CC(=O)OCc1cccc(C#Cc2ccc(C#Cc3ccc(OC(=O)C=C)cc3)cc2F)c1. The summed E-state index contributed by atoms with van der Waals surface area (Å²) in [5.74, 6) is 10.4. The number of benzene rings is 3. The summed E-state index contributed by atoms with van der Waals surface area (Å²) in [6.07, 6.45) is 2.18. The smallest absolute Gasteiger partial charge is 0.335 e. The second kappa shape index (κ2) is 11.7. The first-order valence-corrected chi connectivity index (χ1v) is 10.1. The molecule has 0 atom stereocenters. The molecule has 34 heavy (non-hydrogen) atoms. The van der Waals surface area contributed by atoms with Crippen LogP contribution in [0, 0.1) is 29.5 Å². The molecular formula is C29H19FO4. The first-order chi connectivity index (χ1) is 16.5. The summed E-state index contributed by atoms with van der Waals surface area (Å²) in [5, 5.41) is 0. The fourth-order valence-electron chi connectivity index (χ4n) is 2.69. The zero-order chi connectivity index (χ0) is 24.3. The van der Waals surface area contributed by atoms with Crippen molar-refractivity contribution in [3.05, 3.63) is 126 Å². The highest BCUT2D eigenvalue weighted by molar-refractivity contribution is 5.83. The molecule has 3 rings (SSSR count). The molecule has 0 aliphatic heterocycles. The first-order valence-electron chi connectivity index (χ1n) is 10.1. The van der Waals surface area contributed by atoms with Crippen molar-refractivity contribution >= 4 is 11.9 Å². The summed E-state index contributed by atoms with van der Waals surface area (Å²) in [5.41, 5.74) is 2.85. The molecular weight excluding hydrogens is 431 g/mol. The molecule has 0 radical (unpaired) electrons. The van der Waals surface area contributed by atoms with E-state index in [9.17, 15) is 14.0 Å². The van der Waals surface area contributed by atoms with Gasteiger partial charge >= 0.3 is 11.9 Å². The molecule has 3 aromatic rings. The van der Waals surface area contributed by atoms with Crippen LogP contribution < -0.4 is 4.74 Å². The Bertz CT molecular complexity index is 1360. The van der Waals surface area contributed by atoms with E-state index in [0.29, 0.717) is 22.4 Å². The lowest BCUT2D eigenvalue weighted by molar-refractivity contribution is -0.139. The van der Waals surface area contributed by atoms with Crippen molar-refractivity contribution in [3.8, 4) is 29.4 Å². The van der Waals surface area contributed by atoms with Gasteiger partial charge in [-0.05, 0) is 60.2 Å². The maximum atomic E-state index is 14.5. The van der Waals surface area contributed by atoms with E-state index in [1.165, 1.54) is 6.07 Å². The van der Waals surface area contributed by atoms with Crippen molar-refractivity contribution < 1.29 is 23.5 Å². The van der Waals surface area contributed by atoms with Crippen molar-refractivity contribution in [2.45, 2.75) is 6.61 Å². The van der Waals surface area contributed by atoms with Crippen molar-refractivity contribution in [3.63, 3.8) is 0 Å². The van der Waals surface area contributed by atoms with E-state index in [4.69, 9.17) is 9.47 Å². The van der Waals surface area contributed by atoms with E-state index in [1.54, 1.807) is 60.7 Å². The molecule has 0 spiro atoms. The summed E-state index contributed by atoms with van der Waals surface area (Å²) < 4.78 is 24.5. The molecule has 166 valence electrons. The third kappa shape index (κ3) is 7.09.